The summed E-state index contributed by atoms with van der Waals surface area (Å²) >= 11 is 11.7. The van der Waals surface area contributed by atoms with Crippen LogP contribution in [0.4, 0.5) is 0 Å². The van der Waals surface area contributed by atoms with E-state index >= 15 is 0 Å². The van der Waals surface area contributed by atoms with Gasteiger partial charge in [-0.05, 0) is 46.5 Å². The van der Waals surface area contributed by atoms with Crippen LogP contribution < -0.4 is 4.74 Å². The minimum absolute atomic E-state index is 0.124. The van der Waals surface area contributed by atoms with Crippen molar-refractivity contribution in [2.24, 2.45) is 0 Å². The molecule has 4 heteroatoms. The molecule has 0 aliphatic rings. The third-order valence-corrected chi connectivity index (χ3v) is 4.69. The fourth-order valence-electron chi connectivity index (χ4n) is 1.64. The molecule has 0 aliphatic carbocycles. The summed E-state index contributed by atoms with van der Waals surface area (Å²) in [6.45, 7) is 2.08. The van der Waals surface area contributed by atoms with E-state index in [-0.39, 0.29) is 5.38 Å². The van der Waals surface area contributed by atoms with Gasteiger partial charge in [0.2, 0.25) is 0 Å². The topological polar surface area (TPSA) is 9.23 Å². The van der Waals surface area contributed by atoms with Crippen molar-refractivity contribution >= 4 is 38.9 Å². The number of halogens is 2. The standard InChI is InChI=1S/C13H12BrClOS/c1-8-6-17-7-11(8)13(15)10-4-3-9(16-2)5-12(10)14/h3-7,13H,1-2H3. The number of ether oxygens (including phenoxy) is 1. The second kappa shape index (κ2) is 5.42. The Balaban J connectivity index is 2.38. The van der Waals surface area contributed by atoms with Crippen LogP contribution in [0.2, 0.25) is 0 Å². The van der Waals surface area contributed by atoms with Gasteiger partial charge in [-0.25, -0.2) is 0 Å². The fraction of sp³-hybridized carbons (Fsp3) is 0.231. The zero-order valence-corrected chi connectivity index (χ0v) is 12.7. The van der Waals surface area contributed by atoms with E-state index in [9.17, 15) is 0 Å². The van der Waals surface area contributed by atoms with Gasteiger partial charge in [0.1, 0.15) is 5.75 Å². The van der Waals surface area contributed by atoms with E-state index in [1.165, 1.54) is 11.1 Å². The van der Waals surface area contributed by atoms with Crippen LogP contribution in [-0.2, 0) is 0 Å². The van der Waals surface area contributed by atoms with Crippen LogP contribution in [0.15, 0.2) is 33.4 Å². The first-order valence-electron chi connectivity index (χ1n) is 5.13. The first kappa shape index (κ1) is 12.9. The maximum atomic E-state index is 6.51. The number of rotatable bonds is 3. The third kappa shape index (κ3) is 2.67. The molecule has 0 N–H and O–H groups in total. The van der Waals surface area contributed by atoms with Crippen molar-refractivity contribution in [2.45, 2.75) is 12.3 Å². The monoisotopic (exact) mass is 330 g/mol. The zero-order chi connectivity index (χ0) is 12.4. The molecule has 0 bridgehead atoms. The largest absolute Gasteiger partial charge is 0.497 e. The Labute approximate surface area is 119 Å². The molecule has 0 radical (unpaired) electrons. The molecule has 0 amide bonds. The number of aryl methyl sites for hydroxylation is 1. The number of hydrogen-bond donors (Lipinski definition) is 0. The summed E-state index contributed by atoms with van der Waals surface area (Å²) in [5.74, 6) is 0.825. The summed E-state index contributed by atoms with van der Waals surface area (Å²) in [5, 5.41) is 4.09. The molecule has 1 unspecified atom stereocenters. The maximum Gasteiger partial charge on any atom is 0.120 e. The Morgan fingerprint density at radius 2 is 2.06 bits per heavy atom. The predicted octanol–water partition coefficient (Wildman–Crippen LogP) is 5.16. The predicted molar refractivity (Wildman–Crippen MR) is 77.4 cm³/mol. The van der Waals surface area contributed by atoms with E-state index in [1.807, 2.05) is 18.2 Å². The Morgan fingerprint density at radius 3 is 2.59 bits per heavy atom. The molecular weight excluding hydrogens is 320 g/mol. The van der Waals surface area contributed by atoms with E-state index in [4.69, 9.17) is 16.3 Å². The van der Waals surface area contributed by atoms with Gasteiger partial charge in [-0.1, -0.05) is 22.0 Å². The highest BCUT2D eigenvalue weighted by Gasteiger charge is 2.16. The Bertz CT molecular complexity index is 524. The first-order valence-corrected chi connectivity index (χ1v) is 7.31. The zero-order valence-electron chi connectivity index (χ0n) is 9.54. The van der Waals surface area contributed by atoms with E-state index in [0.717, 1.165) is 15.8 Å². The third-order valence-electron chi connectivity index (χ3n) is 2.65. The van der Waals surface area contributed by atoms with Crippen molar-refractivity contribution in [3.05, 3.63) is 50.1 Å². The summed E-state index contributed by atoms with van der Waals surface area (Å²) in [7, 11) is 1.66. The SMILES string of the molecule is COc1ccc(C(Cl)c2cscc2C)c(Br)c1. The molecule has 0 saturated heterocycles. The molecule has 0 spiro atoms. The highest BCUT2D eigenvalue weighted by Crippen LogP contribution is 2.37. The lowest BCUT2D eigenvalue weighted by Crippen LogP contribution is -1.95. The number of hydrogen-bond acceptors (Lipinski definition) is 2. The first-order chi connectivity index (χ1) is 8.13. The summed E-state index contributed by atoms with van der Waals surface area (Å²) in [5.41, 5.74) is 3.47. The molecule has 1 nitrogen and oxygen atoms in total. The van der Waals surface area contributed by atoms with Gasteiger partial charge in [0.15, 0.2) is 0 Å². The molecule has 2 rings (SSSR count). The van der Waals surface area contributed by atoms with Crippen LogP contribution in [0.25, 0.3) is 0 Å². The van der Waals surface area contributed by atoms with Gasteiger partial charge in [-0.2, -0.15) is 11.3 Å². The van der Waals surface area contributed by atoms with Crippen LogP contribution in [0.5, 0.6) is 5.75 Å². The lowest BCUT2D eigenvalue weighted by atomic mass is 10.0. The van der Waals surface area contributed by atoms with Gasteiger partial charge >= 0.3 is 0 Å². The number of methoxy groups -OCH3 is 1. The number of benzene rings is 1. The smallest absolute Gasteiger partial charge is 0.120 e. The number of thiophene rings is 1. The van der Waals surface area contributed by atoms with Crippen LogP contribution in [0, 0.1) is 6.92 Å². The molecule has 1 atom stereocenters. The van der Waals surface area contributed by atoms with Gasteiger partial charge in [0.05, 0.1) is 12.5 Å². The van der Waals surface area contributed by atoms with Crippen LogP contribution in [-0.4, -0.2) is 7.11 Å². The van der Waals surface area contributed by atoms with E-state index in [1.54, 1.807) is 18.4 Å². The molecule has 0 aliphatic heterocycles. The quantitative estimate of drug-likeness (QED) is 0.706. The second-order valence-electron chi connectivity index (χ2n) is 3.76. The summed E-state index contributed by atoms with van der Waals surface area (Å²) in [4.78, 5) is 0. The minimum atomic E-state index is -0.124. The van der Waals surface area contributed by atoms with Crippen molar-refractivity contribution in [2.75, 3.05) is 7.11 Å². The van der Waals surface area contributed by atoms with Crippen LogP contribution in [0.1, 0.15) is 22.1 Å². The summed E-state index contributed by atoms with van der Waals surface area (Å²) < 4.78 is 6.15. The van der Waals surface area contributed by atoms with Crippen molar-refractivity contribution in [3.8, 4) is 5.75 Å². The second-order valence-corrected chi connectivity index (χ2v) is 5.79. The summed E-state index contributed by atoms with van der Waals surface area (Å²) in [6.07, 6.45) is 0. The maximum absolute atomic E-state index is 6.51. The van der Waals surface area contributed by atoms with Crippen molar-refractivity contribution in [1.29, 1.82) is 0 Å². The highest BCUT2D eigenvalue weighted by atomic mass is 79.9. The van der Waals surface area contributed by atoms with Crippen LogP contribution in [0.3, 0.4) is 0 Å². The van der Waals surface area contributed by atoms with E-state index in [0.29, 0.717) is 0 Å². The minimum Gasteiger partial charge on any atom is -0.497 e. The molecule has 17 heavy (non-hydrogen) atoms. The molecule has 0 fully saturated rings. The van der Waals surface area contributed by atoms with E-state index in [2.05, 4.69) is 33.6 Å². The van der Waals surface area contributed by atoms with Crippen molar-refractivity contribution < 1.29 is 4.74 Å². The summed E-state index contributed by atoms with van der Waals surface area (Å²) in [6, 6.07) is 5.86. The van der Waals surface area contributed by atoms with Gasteiger partial charge < -0.3 is 4.74 Å². The van der Waals surface area contributed by atoms with Gasteiger partial charge in [-0.15, -0.1) is 11.6 Å². The molecular formula is C13H12BrClOS. The Kier molecular flexibility index (Phi) is 4.13. The number of alkyl halides is 1. The fourth-order valence-corrected chi connectivity index (χ4v) is 3.73. The Morgan fingerprint density at radius 1 is 1.29 bits per heavy atom. The average molecular weight is 332 g/mol. The molecule has 90 valence electrons. The van der Waals surface area contributed by atoms with Gasteiger partial charge in [-0.3, -0.25) is 0 Å². The van der Waals surface area contributed by atoms with Gasteiger partial charge in [0, 0.05) is 4.47 Å². The van der Waals surface area contributed by atoms with Crippen LogP contribution >= 0.6 is 38.9 Å². The van der Waals surface area contributed by atoms with Crippen molar-refractivity contribution in [3.63, 3.8) is 0 Å². The molecule has 1 aromatic carbocycles. The molecule has 0 saturated carbocycles. The molecule has 1 aromatic heterocycles. The van der Waals surface area contributed by atoms with Gasteiger partial charge in [0.25, 0.3) is 0 Å². The lowest BCUT2D eigenvalue weighted by molar-refractivity contribution is 0.414. The normalized spacial score (nSPS) is 12.5. The highest BCUT2D eigenvalue weighted by molar-refractivity contribution is 9.10. The molecule has 2 aromatic rings. The Hall–Kier alpha value is -0.510. The van der Waals surface area contributed by atoms with E-state index < -0.39 is 0 Å². The van der Waals surface area contributed by atoms with Crippen molar-refractivity contribution in [1.82, 2.24) is 0 Å². The molecule has 1 heterocycles. The lowest BCUT2D eigenvalue weighted by Gasteiger charge is -2.13. The average Bonchev–Trinajstić information content (AvgIpc) is 2.74.